The fourth-order valence-corrected chi connectivity index (χ4v) is 11.3. The number of thiophene rings is 1. The summed E-state index contributed by atoms with van der Waals surface area (Å²) in [5.41, 5.74) is 6.99. The minimum Gasteiger partial charge on any atom is -0.487 e. The summed E-state index contributed by atoms with van der Waals surface area (Å²) in [4.78, 5) is 40.4. The average molecular weight is 946 g/mol. The number of hydrogen-bond acceptors (Lipinski definition) is 12. The van der Waals surface area contributed by atoms with Gasteiger partial charge in [-0.05, 0) is 84.9 Å². The second kappa shape index (κ2) is 19.3. The summed E-state index contributed by atoms with van der Waals surface area (Å²) >= 11 is 8.78. The van der Waals surface area contributed by atoms with Gasteiger partial charge in [0.15, 0.2) is 5.82 Å². The summed E-state index contributed by atoms with van der Waals surface area (Å²) < 4.78 is 40.5. The van der Waals surface area contributed by atoms with Gasteiger partial charge in [0.1, 0.15) is 36.5 Å². The molecule has 0 saturated carbocycles. The molecule has 7 aromatic rings. The molecule has 4 bridgehead atoms. The van der Waals surface area contributed by atoms with Crippen molar-refractivity contribution in [1.29, 1.82) is 0 Å². The monoisotopic (exact) mass is 945 g/mol. The Morgan fingerprint density at radius 2 is 1.70 bits per heavy atom. The number of ether oxygens (including phenoxy) is 2. The Labute approximate surface area is 392 Å². The molecule has 66 heavy (non-hydrogen) atoms. The van der Waals surface area contributed by atoms with Crippen molar-refractivity contribution in [1.82, 2.24) is 34.6 Å². The summed E-state index contributed by atoms with van der Waals surface area (Å²) in [6, 6.07) is 25.5. The van der Waals surface area contributed by atoms with Crippen LogP contribution in [0.2, 0.25) is 5.02 Å². The Kier molecular flexibility index (Phi) is 13.3. The first-order valence-electron chi connectivity index (χ1n) is 21.8. The molecule has 1 fully saturated rings. The zero-order chi connectivity index (χ0) is 46.1. The molecular formula is C50H50ClFN7O5PS. The van der Waals surface area contributed by atoms with Crippen molar-refractivity contribution < 1.29 is 28.3 Å². The maximum Gasteiger partial charge on any atom is 0.345 e. The molecule has 10 rings (SSSR count). The molecule has 0 aliphatic carbocycles. The number of benzene rings is 4. The normalized spacial score (nSPS) is 16.4. The zero-order valence-corrected chi connectivity index (χ0v) is 39.7. The molecule has 3 aromatic heterocycles. The third kappa shape index (κ3) is 9.90. The SMILES string of the molecule is Cc1c2ccc(c1Cl)CN(CCN1CCN(C)CC1)Cc1ccc(OCc3ccnc(-c4ccccc4P(C)(C)=O)n3)c(c1)C[C@H](C(=O)O)Oc1ncnc3sc(-c4ccc(F)cc4)c-2c13. The Hall–Kier alpha value is -5.60. The van der Waals surface area contributed by atoms with Crippen molar-refractivity contribution >= 4 is 51.6 Å². The lowest BCUT2D eigenvalue weighted by atomic mass is 9.94. The van der Waals surface area contributed by atoms with Crippen LogP contribution in [0, 0.1) is 12.7 Å². The smallest absolute Gasteiger partial charge is 0.345 e. The van der Waals surface area contributed by atoms with Crippen molar-refractivity contribution in [3.8, 4) is 44.6 Å². The molecule has 0 unspecified atom stereocenters. The minimum atomic E-state index is -2.64. The van der Waals surface area contributed by atoms with E-state index in [-0.39, 0.29) is 24.7 Å². The molecule has 1 saturated heterocycles. The second-order valence-electron chi connectivity index (χ2n) is 17.4. The predicted octanol–water partition coefficient (Wildman–Crippen LogP) is 9.05. The van der Waals surface area contributed by atoms with E-state index in [4.69, 9.17) is 26.1 Å². The van der Waals surface area contributed by atoms with Crippen LogP contribution in [0.3, 0.4) is 0 Å². The van der Waals surface area contributed by atoms with E-state index in [1.54, 1.807) is 37.7 Å². The van der Waals surface area contributed by atoms with Crippen molar-refractivity contribution in [2.45, 2.75) is 39.1 Å². The minimum absolute atomic E-state index is 0.0557. The summed E-state index contributed by atoms with van der Waals surface area (Å²) in [6.45, 7) is 12.3. The highest BCUT2D eigenvalue weighted by atomic mass is 35.5. The molecule has 0 amide bonds. The second-order valence-corrected chi connectivity index (χ2v) is 21.9. The van der Waals surface area contributed by atoms with Crippen LogP contribution in [0.1, 0.15) is 27.9 Å². The predicted molar refractivity (Wildman–Crippen MR) is 259 cm³/mol. The van der Waals surface area contributed by atoms with Crippen LogP contribution >= 0.6 is 30.1 Å². The summed E-state index contributed by atoms with van der Waals surface area (Å²) in [5.74, 6) is -0.535. The number of halogens is 2. The van der Waals surface area contributed by atoms with Crippen LogP contribution in [0.15, 0.2) is 97.5 Å². The molecule has 1 atom stereocenters. The van der Waals surface area contributed by atoms with Crippen molar-refractivity contribution in [2.24, 2.45) is 0 Å². The molecule has 0 spiro atoms. The van der Waals surface area contributed by atoms with E-state index in [1.165, 1.54) is 29.8 Å². The zero-order valence-electron chi connectivity index (χ0n) is 37.2. The van der Waals surface area contributed by atoms with E-state index in [9.17, 15) is 18.9 Å². The molecular weight excluding hydrogens is 896 g/mol. The quantitative estimate of drug-likeness (QED) is 0.131. The summed E-state index contributed by atoms with van der Waals surface area (Å²) in [7, 11) is -0.487. The van der Waals surface area contributed by atoms with Gasteiger partial charge in [-0.25, -0.2) is 29.1 Å². The molecule has 6 heterocycles. The number of piperazine rings is 1. The first-order chi connectivity index (χ1) is 31.8. The van der Waals surface area contributed by atoms with E-state index in [0.717, 1.165) is 77.5 Å². The first-order valence-corrected chi connectivity index (χ1v) is 25.6. The van der Waals surface area contributed by atoms with Crippen LogP contribution in [-0.2, 0) is 35.5 Å². The van der Waals surface area contributed by atoms with Gasteiger partial charge >= 0.3 is 5.97 Å². The van der Waals surface area contributed by atoms with E-state index < -0.39 is 19.2 Å². The van der Waals surface area contributed by atoms with Crippen LogP contribution in [0.4, 0.5) is 4.39 Å². The number of nitrogens with zero attached hydrogens (tertiary/aromatic N) is 7. The number of fused-ring (bicyclic) bond motifs is 6. The summed E-state index contributed by atoms with van der Waals surface area (Å²) in [6.07, 6.45) is 1.57. The maximum absolute atomic E-state index is 14.3. The molecule has 4 aromatic carbocycles. The maximum atomic E-state index is 14.3. The van der Waals surface area contributed by atoms with Gasteiger partial charge in [-0.1, -0.05) is 72.3 Å². The number of likely N-dealkylation sites (N-methyl/N-ethyl adjacent to an activating group) is 1. The Morgan fingerprint density at radius 1 is 0.924 bits per heavy atom. The average Bonchev–Trinajstić information content (AvgIpc) is 3.69. The lowest BCUT2D eigenvalue weighted by Gasteiger charge is -2.34. The van der Waals surface area contributed by atoms with Gasteiger partial charge in [0.05, 0.1) is 11.1 Å². The van der Waals surface area contributed by atoms with Gasteiger partial charge in [0.2, 0.25) is 12.0 Å². The van der Waals surface area contributed by atoms with Crippen molar-refractivity contribution in [2.75, 3.05) is 59.6 Å². The van der Waals surface area contributed by atoms with E-state index in [1.807, 2.05) is 49.4 Å². The molecule has 12 nitrogen and oxygen atoms in total. The molecule has 0 radical (unpaired) electrons. The lowest BCUT2D eigenvalue weighted by Crippen LogP contribution is -2.46. The fourth-order valence-electron chi connectivity index (χ4n) is 8.69. The lowest BCUT2D eigenvalue weighted by molar-refractivity contribution is -0.145. The topological polar surface area (TPSA) is 134 Å². The van der Waals surface area contributed by atoms with Gasteiger partial charge in [-0.2, -0.15) is 0 Å². The largest absolute Gasteiger partial charge is 0.487 e. The number of carboxylic acid groups (broad SMARTS) is 1. The van der Waals surface area contributed by atoms with Gasteiger partial charge in [-0.15, -0.1) is 11.3 Å². The first kappa shape index (κ1) is 45.6. The van der Waals surface area contributed by atoms with Crippen molar-refractivity contribution in [3.63, 3.8) is 0 Å². The van der Waals surface area contributed by atoms with Gasteiger partial charge in [0.25, 0.3) is 0 Å². The molecule has 340 valence electrons. The van der Waals surface area contributed by atoms with Crippen LogP contribution in [-0.4, -0.2) is 111 Å². The Morgan fingerprint density at radius 3 is 2.47 bits per heavy atom. The number of hydrogen-bond donors (Lipinski definition) is 1. The highest BCUT2D eigenvalue weighted by molar-refractivity contribution is 7.70. The van der Waals surface area contributed by atoms with Crippen LogP contribution in [0.5, 0.6) is 11.6 Å². The fraction of sp³-hybridized carbons (Fsp3) is 0.300. The van der Waals surface area contributed by atoms with Crippen LogP contribution < -0.4 is 14.8 Å². The Bertz CT molecular complexity index is 2980. The molecule has 1 N–H and O–H groups in total. The highest BCUT2D eigenvalue weighted by Crippen LogP contribution is 2.49. The number of carbonyl (C=O) groups is 1. The molecule has 16 heteroatoms. The highest BCUT2D eigenvalue weighted by Gasteiger charge is 2.29. The summed E-state index contributed by atoms with van der Waals surface area (Å²) in [5, 5.41) is 12.7. The number of aliphatic carboxylic acids is 1. The standard InChI is InChI=1S/C50H50ClFN7O5PS/c1-31-38-15-12-34(45(31)51)28-59(24-23-58-21-19-57(2)20-22-58)27-32-9-16-40(63-29-37-17-18-53-47(56-37)39-7-5-6-8-42(39)65(3,4)62)35(25-32)26-41(50(60)61)64-48-44-43(38)46(66-49(44)55-30-54-48)33-10-13-36(52)14-11-33/h5-18,25,30,41H,19-24,26-29H2,1-4H3,(H,60,61)/t41-/m1/s1. The molecule has 3 aliphatic rings. The molecule has 3 aliphatic heterocycles. The number of carboxylic acids is 1. The third-order valence-electron chi connectivity index (χ3n) is 12.3. The van der Waals surface area contributed by atoms with Gasteiger partial charge < -0.3 is 24.0 Å². The van der Waals surface area contributed by atoms with E-state index in [0.29, 0.717) is 62.0 Å². The Balaban J connectivity index is 1.13. The van der Waals surface area contributed by atoms with Gasteiger partial charge in [-0.3, -0.25) is 9.80 Å². The number of rotatable bonds is 10. The van der Waals surface area contributed by atoms with E-state index >= 15 is 0 Å². The number of aromatic nitrogens is 4. The van der Waals surface area contributed by atoms with Crippen molar-refractivity contribution in [3.05, 3.63) is 136 Å². The van der Waals surface area contributed by atoms with E-state index in [2.05, 4.69) is 48.8 Å². The van der Waals surface area contributed by atoms with Crippen LogP contribution in [0.25, 0.3) is 43.2 Å². The third-order valence-corrected chi connectivity index (χ3v) is 15.5. The van der Waals surface area contributed by atoms with Gasteiger partial charge in [0, 0.05) is 91.3 Å².